The van der Waals surface area contributed by atoms with Crippen molar-refractivity contribution in [2.24, 2.45) is 0 Å². The molecule has 0 aliphatic carbocycles. The Morgan fingerprint density at radius 2 is 2.12 bits per heavy atom. The largest absolute Gasteiger partial charge is 0.312 e. The van der Waals surface area contributed by atoms with Crippen molar-refractivity contribution in [3.8, 4) is 11.3 Å². The number of aromatic nitrogens is 2. The van der Waals surface area contributed by atoms with E-state index in [1.165, 1.54) is 18.4 Å². The molecule has 0 saturated carbocycles. The Morgan fingerprint density at radius 1 is 1.25 bits per heavy atom. The summed E-state index contributed by atoms with van der Waals surface area (Å²) in [5.41, 5.74) is 1.80. The van der Waals surface area contributed by atoms with Crippen LogP contribution in [0.5, 0.6) is 0 Å². The monoisotopic (exact) mass is 252 g/mol. The van der Waals surface area contributed by atoms with Crippen LogP contribution in [0.15, 0.2) is 41.7 Å². The topological polar surface area (TPSA) is 35.0 Å². The number of benzene rings is 1. The Morgan fingerprint density at radius 3 is 2.88 bits per heavy atom. The standard InChI is InChI=1S/C11H9ClN2OS/c1-15-16-11-6-10(13-7-14-11)8-3-2-4-9(12)5-8/h2-7H,1H3. The predicted molar refractivity (Wildman–Crippen MR) is 65.3 cm³/mol. The Balaban J connectivity index is 2.36. The molecular formula is C11H9ClN2OS. The van der Waals surface area contributed by atoms with E-state index in [0.717, 1.165) is 16.3 Å². The van der Waals surface area contributed by atoms with Gasteiger partial charge in [-0.2, -0.15) is 0 Å². The van der Waals surface area contributed by atoms with Crippen molar-refractivity contribution in [3.63, 3.8) is 0 Å². The van der Waals surface area contributed by atoms with E-state index in [2.05, 4.69) is 9.97 Å². The van der Waals surface area contributed by atoms with Crippen molar-refractivity contribution >= 4 is 23.6 Å². The highest BCUT2D eigenvalue weighted by Gasteiger charge is 2.02. The molecule has 0 bridgehead atoms. The first-order chi connectivity index (χ1) is 7.79. The van der Waals surface area contributed by atoms with Gasteiger partial charge in [-0.05, 0) is 18.2 Å². The smallest absolute Gasteiger partial charge is 0.127 e. The number of rotatable bonds is 3. The normalized spacial score (nSPS) is 10.4. The number of hydrogen-bond acceptors (Lipinski definition) is 4. The van der Waals surface area contributed by atoms with Gasteiger partial charge in [0.05, 0.1) is 12.8 Å². The van der Waals surface area contributed by atoms with Crippen molar-refractivity contribution in [1.29, 1.82) is 0 Å². The molecule has 1 aromatic heterocycles. The van der Waals surface area contributed by atoms with Gasteiger partial charge in [0.1, 0.15) is 11.4 Å². The summed E-state index contributed by atoms with van der Waals surface area (Å²) in [6.45, 7) is 0. The SMILES string of the molecule is COSc1cc(-c2cccc(Cl)c2)ncn1. The summed E-state index contributed by atoms with van der Waals surface area (Å²) in [4.78, 5) is 8.27. The van der Waals surface area contributed by atoms with Crippen molar-refractivity contribution in [3.05, 3.63) is 41.7 Å². The average Bonchev–Trinajstić information content (AvgIpc) is 2.30. The Bertz CT molecular complexity index is 493. The van der Waals surface area contributed by atoms with E-state index >= 15 is 0 Å². The Labute approximate surface area is 103 Å². The lowest BCUT2D eigenvalue weighted by molar-refractivity contribution is 0.488. The molecule has 0 amide bonds. The van der Waals surface area contributed by atoms with Gasteiger partial charge in [-0.1, -0.05) is 23.7 Å². The average molecular weight is 253 g/mol. The van der Waals surface area contributed by atoms with Crippen LogP contribution in [0.1, 0.15) is 0 Å². The molecule has 0 unspecified atom stereocenters. The molecule has 0 saturated heterocycles. The summed E-state index contributed by atoms with van der Waals surface area (Å²) in [5.74, 6) is 0. The lowest BCUT2D eigenvalue weighted by Crippen LogP contribution is -1.87. The van der Waals surface area contributed by atoms with Crippen LogP contribution in [0.2, 0.25) is 5.02 Å². The van der Waals surface area contributed by atoms with Crippen molar-refractivity contribution < 1.29 is 4.18 Å². The zero-order chi connectivity index (χ0) is 11.4. The second-order valence-electron chi connectivity index (χ2n) is 3.00. The summed E-state index contributed by atoms with van der Waals surface area (Å²) >= 11 is 7.13. The van der Waals surface area contributed by atoms with Gasteiger partial charge in [-0.15, -0.1) is 0 Å². The van der Waals surface area contributed by atoms with Gasteiger partial charge in [-0.25, -0.2) is 9.97 Å². The fourth-order valence-corrected chi connectivity index (χ4v) is 1.89. The van der Waals surface area contributed by atoms with Gasteiger partial charge in [-0.3, -0.25) is 0 Å². The van der Waals surface area contributed by atoms with Gasteiger partial charge in [0.15, 0.2) is 0 Å². The van der Waals surface area contributed by atoms with E-state index in [0.29, 0.717) is 5.02 Å². The first-order valence-corrected chi connectivity index (χ1v) is 5.70. The summed E-state index contributed by atoms with van der Waals surface area (Å²) in [6.07, 6.45) is 1.51. The molecule has 0 radical (unpaired) electrons. The quantitative estimate of drug-likeness (QED) is 0.619. The molecule has 0 aliphatic heterocycles. The summed E-state index contributed by atoms with van der Waals surface area (Å²) < 4.78 is 4.94. The number of halogens is 1. The van der Waals surface area contributed by atoms with Gasteiger partial charge in [0, 0.05) is 22.6 Å². The Hall–Kier alpha value is -1.10. The minimum atomic E-state index is 0.692. The maximum Gasteiger partial charge on any atom is 0.127 e. The van der Waals surface area contributed by atoms with Crippen molar-refractivity contribution in [1.82, 2.24) is 9.97 Å². The third kappa shape index (κ3) is 2.72. The highest BCUT2D eigenvalue weighted by molar-refractivity contribution is 7.94. The van der Waals surface area contributed by atoms with Gasteiger partial charge >= 0.3 is 0 Å². The number of nitrogens with zero attached hydrogens (tertiary/aromatic N) is 2. The molecule has 2 rings (SSSR count). The lowest BCUT2D eigenvalue weighted by atomic mass is 10.1. The van der Waals surface area contributed by atoms with E-state index in [9.17, 15) is 0 Å². The minimum absolute atomic E-state index is 0.692. The van der Waals surface area contributed by atoms with Crippen LogP contribution in [0, 0.1) is 0 Å². The molecule has 2 aromatic rings. The molecule has 82 valence electrons. The highest BCUT2D eigenvalue weighted by atomic mass is 35.5. The molecule has 0 atom stereocenters. The molecular weight excluding hydrogens is 244 g/mol. The van der Waals surface area contributed by atoms with Crippen LogP contribution < -0.4 is 0 Å². The molecule has 1 aromatic carbocycles. The highest BCUT2D eigenvalue weighted by Crippen LogP contribution is 2.23. The zero-order valence-corrected chi connectivity index (χ0v) is 10.1. The fourth-order valence-electron chi connectivity index (χ4n) is 1.28. The Kier molecular flexibility index (Phi) is 3.77. The first-order valence-electron chi connectivity index (χ1n) is 4.58. The molecule has 1 heterocycles. The third-order valence-electron chi connectivity index (χ3n) is 1.93. The van der Waals surface area contributed by atoms with Crippen LogP contribution in [-0.2, 0) is 4.18 Å². The fraction of sp³-hybridized carbons (Fsp3) is 0.0909. The lowest BCUT2D eigenvalue weighted by Gasteiger charge is -2.02. The molecule has 0 N–H and O–H groups in total. The summed E-state index contributed by atoms with van der Waals surface area (Å²) in [6, 6.07) is 9.40. The minimum Gasteiger partial charge on any atom is -0.312 e. The first kappa shape index (κ1) is 11.4. The maximum absolute atomic E-state index is 5.92. The van der Waals surface area contributed by atoms with E-state index in [4.69, 9.17) is 15.8 Å². The second-order valence-corrected chi connectivity index (χ2v) is 4.36. The second kappa shape index (κ2) is 5.30. The summed E-state index contributed by atoms with van der Waals surface area (Å²) in [7, 11) is 1.60. The van der Waals surface area contributed by atoms with Crippen LogP contribution in [0.3, 0.4) is 0 Å². The molecule has 0 aliphatic rings. The van der Waals surface area contributed by atoms with Gasteiger partial charge < -0.3 is 4.18 Å². The van der Waals surface area contributed by atoms with Crippen molar-refractivity contribution in [2.75, 3.05) is 7.11 Å². The zero-order valence-electron chi connectivity index (χ0n) is 8.55. The van der Waals surface area contributed by atoms with Crippen molar-refractivity contribution in [2.45, 2.75) is 5.03 Å². The van der Waals surface area contributed by atoms with E-state index in [1.54, 1.807) is 7.11 Å². The number of hydrogen-bond donors (Lipinski definition) is 0. The van der Waals surface area contributed by atoms with Crippen LogP contribution in [-0.4, -0.2) is 17.1 Å². The van der Waals surface area contributed by atoms with E-state index in [1.807, 2.05) is 30.3 Å². The van der Waals surface area contributed by atoms with Gasteiger partial charge in [0.2, 0.25) is 0 Å². The van der Waals surface area contributed by atoms with Crippen LogP contribution in [0.25, 0.3) is 11.3 Å². The van der Waals surface area contributed by atoms with Crippen LogP contribution in [0.4, 0.5) is 0 Å². The molecule has 5 heteroatoms. The molecule has 3 nitrogen and oxygen atoms in total. The molecule has 0 fully saturated rings. The van der Waals surface area contributed by atoms with E-state index < -0.39 is 0 Å². The predicted octanol–water partition coefficient (Wildman–Crippen LogP) is 3.45. The summed E-state index contributed by atoms with van der Waals surface area (Å²) in [5, 5.41) is 1.46. The van der Waals surface area contributed by atoms with Crippen LogP contribution >= 0.6 is 23.6 Å². The maximum atomic E-state index is 5.92. The molecule has 16 heavy (non-hydrogen) atoms. The van der Waals surface area contributed by atoms with Gasteiger partial charge in [0.25, 0.3) is 0 Å². The van der Waals surface area contributed by atoms with E-state index in [-0.39, 0.29) is 0 Å². The molecule has 0 spiro atoms. The third-order valence-corrected chi connectivity index (χ3v) is 2.73.